The summed E-state index contributed by atoms with van der Waals surface area (Å²) in [5.41, 5.74) is 3.39. The number of halogens is 1. The lowest BCUT2D eigenvalue weighted by Gasteiger charge is -2.15. The Balaban J connectivity index is 1.70. The van der Waals surface area contributed by atoms with Crippen LogP contribution >= 0.6 is 22.9 Å². The number of aryl methyl sites for hydroxylation is 2. The molecule has 0 saturated heterocycles. The first-order valence-corrected chi connectivity index (χ1v) is 11.2. The fourth-order valence-electron chi connectivity index (χ4n) is 4.15. The number of rotatable bonds is 4. The summed E-state index contributed by atoms with van der Waals surface area (Å²) in [7, 11) is 0. The minimum absolute atomic E-state index is 0.0697. The number of hydrogen-bond donors (Lipinski definition) is 0. The van der Waals surface area contributed by atoms with Gasteiger partial charge in [0.1, 0.15) is 10.7 Å². The first kappa shape index (κ1) is 18.6. The first-order valence-electron chi connectivity index (χ1n) is 10.0. The van der Waals surface area contributed by atoms with E-state index in [1.807, 2.05) is 47.0 Å². The topological polar surface area (TPSA) is 34.9 Å². The maximum absolute atomic E-state index is 13.7. The van der Waals surface area contributed by atoms with Gasteiger partial charge in [-0.15, -0.1) is 11.3 Å². The van der Waals surface area contributed by atoms with Gasteiger partial charge in [-0.2, -0.15) is 0 Å². The van der Waals surface area contributed by atoms with Crippen molar-refractivity contribution < 1.29 is 0 Å². The zero-order chi connectivity index (χ0) is 19.8. The van der Waals surface area contributed by atoms with Gasteiger partial charge in [0.2, 0.25) is 0 Å². The monoisotopic (exact) mass is 420 g/mol. The maximum Gasteiger partial charge on any atom is 0.262 e. The Morgan fingerprint density at radius 2 is 1.76 bits per heavy atom. The lowest BCUT2D eigenvalue weighted by molar-refractivity contribution is 0.685. The molecule has 4 aromatic rings. The fourth-order valence-corrected chi connectivity index (χ4v) is 5.62. The second-order valence-corrected chi connectivity index (χ2v) is 9.05. The van der Waals surface area contributed by atoms with Gasteiger partial charge in [-0.25, -0.2) is 4.98 Å². The molecule has 2 aromatic heterocycles. The molecule has 0 N–H and O–H groups in total. The average molecular weight is 421 g/mol. The fraction of sp³-hybridized carbons (Fsp3) is 0.250. The van der Waals surface area contributed by atoms with Crippen LogP contribution in [0.25, 0.3) is 10.2 Å². The third kappa shape index (κ3) is 3.52. The van der Waals surface area contributed by atoms with E-state index < -0.39 is 0 Å². The Bertz CT molecular complexity index is 1240. The Labute approximate surface area is 178 Å². The summed E-state index contributed by atoms with van der Waals surface area (Å²) in [6.07, 6.45) is 5.02. The number of fused-ring (bicyclic) bond motifs is 3. The highest BCUT2D eigenvalue weighted by Gasteiger charge is 2.22. The van der Waals surface area contributed by atoms with Crippen LogP contribution in [0.5, 0.6) is 0 Å². The van der Waals surface area contributed by atoms with Gasteiger partial charge in [0.25, 0.3) is 5.56 Å². The summed E-state index contributed by atoms with van der Waals surface area (Å²) in [4.78, 5) is 20.9. The van der Waals surface area contributed by atoms with Crippen molar-refractivity contribution in [3.05, 3.63) is 97.4 Å². The lowest BCUT2D eigenvalue weighted by Crippen LogP contribution is -2.26. The normalized spacial score (nSPS) is 13.6. The van der Waals surface area contributed by atoms with Crippen molar-refractivity contribution in [2.45, 2.75) is 38.6 Å². The second kappa shape index (κ2) is 7.77. The zero-order valence-corrected chi connectivity index (χ0v) is 17.6. The third-order valence-corrected chi connectivity index (χ3v) is 7.20. The second-order valence-electron chi connectivity index (χ2n) is 7.56. The van der Waals surface area contributed by atoms with Crippen molar-refractivity contribution in [1.82, 2.24) is 9.55 Å². The number of nitrogens with zero attached hydrogens (tertiary/aromatic N) is 2. The molecule has 2 aromatic carbocycles. The highest BCUT2D eigenvalue weighted by molar-refractivity contribution is 7.18. The largest absolute Gasteiger partial charge is 0.291 e. The number of aromatic nitrogens is 2. The molecule has 0 spiro atoms. The van der Waals surface area contributed by atoms with Crippen molar-refractivity contribution in [1.29, 1.82) is 0 Å². The third-order valence-electron chi connectivity index (χ3n) is 5.65. The van der Waals surface area contributed by atoms with Crippen LogP contribution in [-0.4, -0.2) is 9.55 Å². The van der Waals surface area contributed by atoms with E-state index in [1.165, 1.54) is 16.9 Å². The molecule has 0 radical (unpaired) electrons. The van der Waals surface area contributed by atoms with E-state index in [0.717, 1.165) is 46.4 Å². The van der Waals surface area contributed by atoms with Crippen LogP contribution in [0, 0.1) is 0 Å². The quantitative estimate of drug-likeness (QED) is 0.429. The Hall–Kier alpha value is -2.43. The molecule has 3 nitrogen and oxygen atoms in total. The van der Waals surface area contributed by atoms with Gasteiger partial charge in [0.15, 0.2) is 0 Å². The molecule has 29 heavy (non-hydrogen) atoms. The van der Waals surface area contributed by atoms with Crippen LogP contribution < -0.4 is 5.56 Å². The molecular weight excluding hydrogens is 400 g/mol. The summed E-state index contributed by atoms with van der Waals surface area (Å²) in [6.45, 7) is 0.439. The average Bonchev–Trinajstić information content (AvgIpc) is 3.11. The standard InChI is InChI=1S/C24H21ClN2OS/c25-19-12-6-4-10-17(19)15-27-21(14-16-8-2-1-3-9-16)26-23-22(24(27)28)18-11-5-7-13-20(18)29-23/h1-4,6,8-10,12H,5,7,11,13-15H2. The van der Waals surface area contributed by atoms with E-state index >= 15 is 0 Å². The van der Waals surface area contributed by atoms with E-state index in [0.29, 0.717) is 18.0 Å². The summed E-state index contributed by atoms with van der Waals surface area (Å²) in [6, 6.07) is 17.9. The molecule has 5 rings (SSSR count). The van der Waals surface area contributed by atoms with Crippen molar-refractivity contribution in [2.75, 3.05) is 0 Å². The van der Waals surface area contributed by atoms with Gasteiger partial charge >= 0.3 is 0 Å². The minimum atomic E-state index is 0.0697. The molecule has 0 aliphatic heterocycles. The molecular formula is C24H21ClN2OS. The summed E-state index contributed by atoms with van der Waals surface area (Å²) in [5, 5.41) is 1.51. The van der Waals surface area contributed by atoms with Crippen molar-refractivity contribution in [3.63, 3.8) is 0 Å². The molecule has 0 unspecified atom stereocenters. The summed E-state index contributed by atoms with van der Waals surface area (Å²) >= 11 is 8.12. The van der Waals surface area contributed by atoms with Crippen LogP contribution in [0.3, 0.4) is 0 Å². The van der Waals surface area contributed by atoms with Gasteiger partial charge in [0.05, 0.1) is 11.9 Å². The Kier molecular flexibility index (Phi) is 4.98. The molecule has 2 heterocycles. The van der Waals surface area contributed by atoms with Crippen molar-refractivity contribution in [2.24, 2.45) is 0 Å². The molecule has 0 amide bonds. The molecule has 1 aliphatic rings. The molecule has 1 aliphatic carbocycles. The van der Waals surface area contributed by atoms with Crippen LogP contribution in [-0.2, 0) is 25.8 Å². The smallest absolute Gasteiger partial charge is 0.262 e. The van der Waals surface area contributed by atoms with Crippen LogP contribution in [0.1, 0.15) is 40.2 Å². The van der Waals surface area contributed by atoms with Gasteiger partial charge in [-0.1, -0.05) is 60.1 Å². The number of thiophene rings is 1. The van der Waals surface area contributed by atoms with Crippen LogP contribution in [0.15, 0.2) is 59.4 Å². The SMILES string of the molecule is O=c1c2c3c(sc2nc(Cc2ccccc2)n1Cc1ccccc1Cl)CCCC3. The molecule has 0 fully saturated rings. The van der Waals surface area contributed by atoms with Crippen molar-refractivity contribution in [3.8, 4) is 0 Å². The van der Waals surface area contributed by atoms with Gasteiger partial charge < -0.3 is 0 Å². The maximum atomic E-state index is 13.7. The number of hydrogen-bond acceptors (Lipinski definition) is 3. The van der Waals surface area contributed by atoms with E-state index in [2.05, 4.69) is 12.1 Å². The molecule has 0 saturated carbocycles. The predicted octanol–water partition coefficient (Wildman–Crippen LogP) is 5.63. The highest BCUT2D eigenvalue weighted by atomic mass is 35.5. The van der Waals surface area contributed by atoms with E-state index in [-0.39, 0.29) is 5.56 Å². The zero-order valence-electron chi connectivity index (χ0n) is 16.0. The highest BCUT2D eigenvalue weighted by Crippen LogP contribution is 2.34. The minimum Gasteiger partial charge on any atom is -0.291 e. The van der Waals surface area contributed by atoms with Gasteiger partial charge in [-0.3, -0.25) is 9.36 Å². The predicted molar refractivity (Wildman–Crippen MR) is 120 cm³/mol. The Morgan fingerprint density at radius 1 is 1.00 bits per heavy atom. The number of benzene rings is 2. The Morgan fingerprint density at radius 3 is 2.59 bits per heavy atom. The molecule has 0 bridgehead atoms. The molecule has 0 atom stereocenters. The van der Waals surface area contributed by atoms with E-state index in [1.54, 1.807) is 11.3 Å². The van der Waals surface area contributed by atoms with Crippen LogP contribution in [0.2, 0.25) is 5.02 Å². The van der Waals surface area contributed by atoms with Gasteiger partial charge in [0, 0.05) is 16.3 Å². The molecule has 146 valence electrons. The van der Waals surface area contributed by atoms with Crippen molar-refractivity contribution >= 4 is 33.2 Å². The first-order chi connectivity index (χ1) is 14.2. The van der Waals surface area contributed by atoms with E-state index in [9.17, 15) is 4.79 Å². The summed E-state index contributed by atoms with van der Waals surface area (Å²) < 4.78 is 1.83. The molecule has 5 heteroatoms. The van der Waals surface area contributed by atoms with Gasteiger partial charge in [-0.05, 0) is 48.4 Å². The summed E-state index contributed by atoms with van der Waals surface area (Å²) in [5.74, 6) is 0.798. The van der Waals surface area contributed by atoms with Crippen LogP contribution in [0.4, 0.5) is 0 Å². The van der Waals surface area contributed by atoms with E-state index in [4.69, 9.17) is 16.6 Å². The lowest BCUT2D eigenvalue weighted by atomic mass is 9.97.